The third-order valence-corrected chi connectivity index (χ3v) is 7.00. The predicted molar refractivity (Wildman–Crippen MR) is 136 cm³/mol. The smallest absolute Gasteiger partial charge is 0.268 e. The Morgan fingerprint density at radius 1 is 1.26 bits per heavy atom. The molecule has 1 aromatic carbocycles. The number of aliphatic hydroxyl groups excluding tert-OH is 2. The van der Waals surface area contributed by atoms with E-state index in [0.29, 0.717) is 28.1 Å². The number of aryl methyl sites for hydroxylation is 2. The second-order valence-electron chi connectivity index (χ2n) is 8.13. The summed E-state index contributed by atoms with van der Waals surface area (Å²) in [6.45, 7) is 10.3. The molecule has 11 heteroatoms. The SMILES string of the molecule is CCN(CC)Cc1sc(-c2nc(-c3cc(C)c(OCC(O)CNC(=O)CO)c(Cl)c3)no2)cc1C. The molecule has 1 unspecified atom stereocenters. The Morgan fingerprint density at radius 3 is 2.66 bits per heavy atom. The number of aromatic nitrogens is 2. The lowest BCUT2D eigenvalue weighted by Crippen LogP contribution is -2.36. The second-order valence-corrected chi connectivity index (χ2v) is 9.68. The fourth-order valence-corrected chi connectivity index (χ4v) is 4.90. The highest BCUT2D eigenvalue weighted by Gasteiger charge is 2.18. The molecule has 0 saturated heterocycles. The average molecular weight is 523 g/mol. The van der Waals surface area contributed by atoms with Crippen molar-refractivity contribution in [3.8, 4) is 27.9 Å². The van der Waals surface area contributed by atoms with Crippen molar-refractivity contribution in [3.05, 3.63) is 39.2 Å². The quantitative estimate of drug-likeness (QED) is 0.331. The molecule has 9 nitrogen and oxygen atoms in total. The van der Waals surface area contributed by atoms with Crippen LogP contribution in [-0.2, 0) is 11.3 Å². The molecule has 3 N–H and O–H groups in total. The molecule has 190 valence electrons. The first-order valence-corrected chi connectivity index (χ1v) is 12.6. The number of nitrogens with one attached hydrogen (secondary N) is 1. The van der Waals surface area contributed by atoms with Gasteiger partial charge in [0.15, 0.2) is 0 Å². The van der Waals surface area contributed by atoms with Gasteiger partial charge in [-0.15, -0.1) is 11.3 Å². The lowest BCUT2D eigenvalue weighted by atomic mass is 10.1. The number of aliphatic hydroxyl groups is 2. The van der Waals surface area contributed by atoms with Crippen molar-refractivity contribution in [2.24, 2.45) is 0 Å². The van der Waals surface area contributed by atoms with Crippen LogP contribution in [0.15, 0.2) is 22.7 Å². The molecule has 0 saturated carbocycles. The number of nitrogens with zero attached hydrogens (tertiary/aromatic N) is 3. The van der Waals surface area contributed by atoms with Crippen LogP contribution >= 0.6 is 22.9 Å². The summed E-state index contributed by atoms with van der Waals surface area (Å²) in [5, 5.41) is 25.6. The van der Waals surface area contributed by atoms with Gasteiger partial charge in [0.25, 0.3) is 5.89 Å². The standard InChI is InChI=1S/C24H31ClN4O5S/c1-5-29(6-2)11-20-14(3)8-19(35-20)24-27-23(28-34-24)16-7-15(4)22(18(25)9-16)33-13-17(31)10-26-21(32)12-30/h7-9,17,30-31H,5-6,10-13H2,1-4H3,(H,26,32). The highest BCUT2D eigenvalue weighted by atomic mass is 35.5. The third-order valence-electron chi connectivity index (χ3n) is 5.51. The maximum atomic E-state index is 11.1. The number of hydrogen-bond acceptors (Lipinski definition) is 9. The van der Waals surface area contributed by atoms with Crippen LogP contribution in [0.3, 0.4) is 0 Å². The number of amides is 1. The van der Waals surface area contributed by atoms with E-state index in [2.05, 4.69) is 47.2 Å². The van der Waals surface area contributed by atoms with E-state index >= 15 is 0 Å². The number of hydrogen-bond donors (Lipinski definition) is 3. The maximum absolute atomic E-state index is 11.1. The minimum Gasteiger partial charge on any atom is -0.489 e. The molecule has 0 aliphatic rings. The summed E-state index contributed by atoms with van der Waals surface area (Å²) in [5.41, 5.74) is 2.62. The normalized spacial score (nSPS) is 12.2. The Hall–Kier alpha value is -2.50. The van der Waals surface area contributed by atoms with Gasteiger partial charge in [-0.2, -0.15) is 4.98 Å². The molecular weight excluding hydrogens is 492 g/mol. The third kappa shape index (κ3) is 7.02. The van der Waals surface area contributed by atoms with Crippen molar-refractivity contribution >= 4 is 28.8 Å². The van der Waals surface area contributed by atoms with E-state index in [1.54, 1.807) is 17.4 Å². The number of thiophene rings is 1. The van der Waals surface area contributed by atoms with Crippen LogP contribution in [0, 0.1) is 13.8 Å². The fourth-order valence-electron chi connectivity index (χ4n) is 3.44. The highest BCUT2D eigenvalue weighted by Crippen LogP contribution is 2.35. The predicted octanol–water partition coefficient (Wildman–Crippen LogP) is 3.43. The molecule has 2 heterocycles. The first-order chi connectivity index (χ1) is 16.7. The van der Waals surface area contributed by atoms with E-state index in [1.807, 2.05) is 13.0 Å². The minimum absolute atomic E-state index is 0.0430. The van der Waals surface area contributed by atoms with E-state index in [-0.39, 0.29) is 13.2 Å². The zero-order valence-electron chi connectivity index (χ0n) is 20.3. The monoisotopic (exact) mass is 522 g/mol. The molecule has 1 atom stereocenters. The molecule has 0 fully saturated rings. The van der Waals surface area contributed by atoms with Gasteiger partial charge in [-0.3, -0.25) is 9.69 Å². The Kier molecular flexibility index (Phi) is 9.64. The molecule has 3 rings (SSSR count). The topological polar surface area (TPSA) is 121 Å². The van der Waals surface area contributed by atoms with Gasteiger partial charge in [0, 0.05) is 23.5 Å². The number of ether oxygens (including phenoxy) is 1. The van der Waals surface area contributed by atoms with Gasteiger partial charge in [0.05, 0.1) is 9.90 Å². The molecule has 2 aromatic heterocycles. The summed E-state index contributed by atoms with van der Waals surface area (Å²) in [6.07, 6.45) is -0.957. The Labute approximate surface area is 213 Å². The Bertz CT molecular complexity index is 1120. The van der Waals surface area contributed by atoms with Gasteiger partial charge in [0.2, 0.25) is 11.7 Å². The summed E-state index contributed by atoms with van der Waals surface area (Å²) < 4.78 is 11.2. The number of halogens is 1. The second kappa shape index (κ2) is 12.5. The number of carbonyl (C=O) groups is 1. The first kappa shape index (κ1) is 27.1. The minimum atomic E-state index is -0.957. The largest absolute Gasteiger partial charge is 0.489 e. The van der Waals surface area contributed by atoms with Crippen molar-refractivity contribution in [2.45, 2.75) is 40.3 Å². The van der Waals surface area contributed by atoms with Crippen LogP contribution in [0.4, 0.5) is 0 Å². The highest BCUT2D eigenvalue weighted by molar-refractivity contribution is 7.15. The number of rotatable bonds is 12. The van der Waals surface area contributed by atoms with Gasteiger partial charge < -0.3 is 24.8 Å². The molecule has 0 spiro atoms. The molecule has 0 radical (unpaired) electrons. The van der Waals surface area contributed by atoms with E-state index in [9.17, 15) is 9.90 Å². The molecule has 0 aliphatic heterocycles. The maximum Gasteiger partial charge on any atom is 0.268 e. The molecular formula is C24H31ClN4O5S. The zero-order valence-corrected chi connectivity index (χ0v) is 21.9. The lowest BCUT2D eigenvalue weighted by Gasteiger charge is -2.17. The fraction of sp³-hybridized carbons (Fsp3) is 0.458. The Balaban J connectivity index is 1.71. The molecule has 1 amide bonds. The summed E-state index contributed by atoms with van der Waals surface area (Å²) >= 11 is 8.10. The van der Waals surface area contributed by atoms with Crippen LogP contribution in [0.25, 0.3) is 22.2 Å². The van der Waals surface area contributed by atoms with Crippen LogP contribution in [0.5, 0.6) is 5.75 Å². The van der Waals surface area contributed by atoms with Gasteiger partial charge in [-0.05, 0) is 56.3 Å². The van der Waals surface area contributed by atoms with Gasteiger partial charge in [-0.25, -0.2) is 0 Å². The Morgan fingerprint density at radius 2 is 2.00 bits per heavy atom. The van der Waals surface area contributed by atoms with Crippen molar-refractivity contribution in [2.75, 3.05) is 32.8 Å². The molecule has 3 aromatic rings. The molecule has 35 heavy (non-hydrogen) atoms. The van der Waals surface area contributed by atoms with Crippen molar-refractivity contribution in [1.82, 2.24) is 20.4 Å². The van der Waals surface area contributed by atoms with E-state index in [1.165, 1.54) is 10.4 Å². The van der Waals surface area contributed by atoms with E-state index in [4.69, 9.17) is 26.0 Å². The number of carbonyl (C=O) groups excluding carboxylic acids is 1. The van der Waals surface area contributed by atoms with Crippen molar-refractivity contribution in [3.63, 3.8) is 0 Å². The summed E-state index contributed by atoms with van der Waals surface area (Å²) in [4.78, 5) is 20.2. The summed E-state index contributed by atoms with van der Waals surface area (Å²) in [5.74, 6) is 0.724. The summed E-state index contributed by atoms with van der Waals surface area (Å²) in [6, 6.07) is 5.59. The lowest BCUT2D eigenvalue weighted by molar-refractivity contribution is -0.124. The number of benzene rings is 1. The van der Waals surface area contributed by atoms with E-state index < -0.39 is 18.6 Å². The zero-order chi connectivity index (χ0) is 25.5. The van der Waals surface area contributed by atoms with Crippen LogP contribution < -0.4 is 10.1 Å². The van der Waals surface area contributed by atoms with Gasteiger partial charge in [0.1, 0.15) is 25.1 Å². The first-order valence-electron chi connectivity index (χ1n) is 11.4. The van der Waals surface area contributed by atoms with Crippen LogP contribution in [0.2, 0.25) is 5.02 Å². The van der Waals surface area contributed by atoms with Crippen molar-refractivity contribution < 1.29 is 24.3 Å². The van der Waals surface area contributed by atoms with Crippen molar-refractivity contribution in [1.29, 1.82) is 0 Å². The average Bonchev–Trinajstić information content (AvgIpc) is 3.47. The van der Waals surface area contributed by atoms with Crippen LogP contribution in [0.1, 0.15) is 29.9 Å². The van der Waals surface area contributed by atoms with E-state index in [0.717, 1.165) is 30.1 Å². The van der Waals surface area contributed by atoms with Gasteiger partial charge >= 0.3 is 0 Å². The summed E-state index contributed by atoms with van der Waals surface area (Å²) in [7, 11) is 0. The molecule has 0 aliphatic carbocycles. The molecule has 0 bridgehead atoms. The van der Waals surface area contributed by atoms with Crippen LogP contribution in [-0.4, -0.2) is 70.1 Å². The van der Waals surface area contributed by atoms with Gasteiger partial charge in [-0.1, -0.05) is 30.6 Å².